The second-order valence-electron chi connectivity index (χ2n) is 13.5. The smallest absolute Gasteiger partial charge is 0.308 e. The summed E-state index contributed by atoms with van der Waals surface area (Å²) in [6, 6.07) is 30.2. The highest BCUT2D eigenvalue weighted by Gasteiger charge is 2.40. The standard InChI is InChI=1S/C43H29F6N3/c1-23-5-11-35-30(15-23)31-16-24(2)6-12-36(31)51(35)39-19-27(22-50)20-40(41(39)29-10-9-28(42(44,45)46)21-34(29)43(47,48)49)52-37-13-7-25(3)17-32(37)33-18-26(4)8-14-38(33)52/h5-21H,1-4H3. The lowest BCUT2D eigenvalue weighted by atomic mass is 9.92. The number of halogens is 6. The van der Waals surface area contributed by atoms with E-state index in [1.807, 2.05) is 110 Å². The van der Waals surface area contributed by atoms with Crippen LogP contribution in [0.25, 0.3) is 66.1 Å². The Bertz CT molecular complexity index is 2560. The van der Waals surface area contributed by atoms with Crippen molar-refractivity contribution in [1.29, 1.82) is 5.26 Å². The van der Waals surface area contributed by atoms with Gasteiger partial charge in [0.15, 0.2) is 0 Å². The highest BCUT2D eigenvalue weighted by Crippen LogP contribution is 2.48. The molecule has 258 valence electrons. The molecule has 8 rings (SSSR count). The van der Waals surface area contributed by atoms with E-state index in [0.717, 1.165) is 49.9 Å². The zero-order valence-electron chi connectivity index (χ0n) is 28.4. The summed E-state index contributed by atoms with van der Waals surface area (Å²) in [6.07, 6.45) is -10.2. The topological polar surface area (TPSA) is 33.6 Å². The van der Waals surface area contributed by atoms with Crippen LogP contribution in [0.3, 0.4) is 0 Å². The van der Waals surface area contributed by atoms with Crippen molar-refractivity contribution in [2.24, 2.45) is 0 Å². The zero-order chi connectivity index (χ0) is 36.9. The number of benzene rings is 6. The Morgan fingerprint density at radius 2 is 0.865 bits per heavy atom. The Morgan fingerprint density at radius 1 is 0.481 bits per heavy atom. The van der Waals surface area contributed by atoms with Crippen molar-refractivity contribution in [2.45, 2.75) is 40.0 Å². The quantitative estimate of drug-likeness (QED) is 0.169. The van der Waals surface area contributed by atoms with Crippen LogP contribution in [0.4, 0.5) is 26.3 Å². The molecule has 0 fully saturated rings. The Hall–Kier alpha value is -6.01. The third-order valence-electron chi connectivity index (χ3n) is 9.78. The molecule has 0 atom stereocenters. The van der Waals surface area contributed by atoms with Crippen LogP contribution in [0.2, 0.25) is 0 Å². The molecule has 52 heavy (non-hydrogen) atoms. The lowest BCUT2D eigenvalue weighted by molar-refractivity contribution is -0.142. The van der Waals surface area contributed by atoms with Crippen LogP contribution in [0.5, 0.6) is 0 Å². The van der Waals surface area contributed by atoms with Crippen molar-refractivity contribution in [3.8, 4) is 28.6 Å². The van der Waals surface area contributed by atoms with E-state index >= 15 is 13.2 Å². The number of nitriles is 1. The fourth-order valence-corrected chi connectivity index (χ4v) is 7.50. The lowest BCUT2D eigenvalue weighted by Gasteiger charge is -2.24. The number of aromatic nitrogens is 2. The van der Waals surface area contributed by atoms with Crippen molar-refractivity contribution in [2.75, 3.05) is 0 Å². The summed E-state index contributed by atoms with van der Waals surface area (Å²) in [7, 11) is 0. The summed E-state index contributed by atoms with van der Waals surface area (Å²) in [5.41, 5.74) is 3.90. The van der Waals surface area contributed by atoms with Crippen molar-refractivity contribution < 1.29 is 26.3 Å². The largest absolute Gasteiger partial charge is 0.417 e. The van der Waals surface area contributed by atoms with Crippen LogP contribution in [0, 0.1) is 39.0 Å². The third-order valence-corrected chi connectivity index (χ3v) is 9.78. The Morgan fingerprint density at radius 3 is 1.19 bits per heavy atom. The molecule has 0 aliphatic rings. The van der Waals surface area contributed by atoms with Crippen LogP contribution in [0.15, 0.2) is 103 Å². The first-order valence-corrected chi connectivity index (χ1v) is 16.5. The van der Waals surface area contributed by atoms with Gasteiger partial charge in [-0.25, -0.2) is 0 Å². The predicted octanol–water partition coefficient (Wildman–Crippen LogP) is 12.7. The van der Waals surface area contributed by atoms with Crippen LogP contribution in [-0.2, 0) is 12.4 Å². The number of hydrogen-bond donors (Lipinski definition) is 0. The average Bonchev–Trinajstić information content (AvgIpc) is 3.57. The molecule has 0 unspecified atom stereocenters. The molecule has 3 nitrogen and oxygen atoms in total. The second kappa shape index (κ2) is 11.5. The fraction of sp³-hybridized carbons (Fsp3) is 0.140. The Labute approximate surface area is 294 Å². The van der Waals surface area contributed by atoms with Gasteiger partial charge in [0.05, 0.1) is 56.2 Å². The van der Waals surface area contributed by atoms with E-state index < -0.39 is 29.0 Å². The summed E-state index contributed by atoms with van der Waals surface area (Å²) in [4.78, 5) is 0. The number of nitrogens with zero attached hydrogens (tertiary/aromatic N) is 3. The van der Waals surface area contributed by atoms with Gasteiger partial charge in [-0.3, -0.25) is 0 Å². The molecule has 0 spiro atoms. The van der Waals surface area contributed by atoms with Crippen molar-refractivity contribution in [1.82, 2.24) is 9.13 Å². The van der Waals surface area contributed by atoms with Crippen LogP contribution >= 0.6 is 0 Å². The van der Waals surface area contributed by atoms with Gasteiger partial charge in [-0.2, -0.15) is 31.6 Å². The normalized spacial score (nSPS) is 12.4. The second-order valence-corrected chi connectivity index (χ2v) is 13.5. The van der Waals surface area contributed by atoms with E-state index in [-0.39, 0.29) is 28.6 Å². The summed E-state index contributed by atoms with van der Waals surface area (Å²) in [5.74, 6) is 0. The molecule has 0 aliphatic carbocycles. The van der Waals surface area contributed by atoms with Gasteiger partial charge in [-0.15, -0.1) is 0 Å². The van der Waals surface area contributed by atoms with Gasteiger partial charge < -0.3 is 9.13 Å². The number of rotatable bonds is 3. The van der Waals surface area contributed by atoms with Gasteiger partial charge in [-0.1, -0.05) is 52.6 Å². The van der Waals surface area contributed by atoms with Gasteiger partial charge >= 0.3 is 12.4 Å². The van der Waals surface area contributed by atoms with E-state index in [4.69, 9.17) is 0 Å². The molecule has 2 heterocycles. The van der Waals surface area contributed by atoms with Crippen LogP contribution in [0.1, 0.15) is 38.9 Å². The lowest BCUT2D eigenvalue weighted by Crippen LogP contribution is -2.14. The maximum Gasteiger partial charge on any atom is 0.417 e. The first kappa shape index (κ1) is 33.2. The molecule has 0 aliphatic heterocycles. The number of hydrogen-bond acceptors (Lipinski definition) is 1. The van der Waals surface area contributed by atoms with Gasteiger partial charge in [0.2, 0.25) is 0 Å². The molecule has 0 saturated carbocycles. The minimum Gasteiger partial charge on any atom is -0.308 e. The van der Waals surface area contributed by atoms with Gasteiger partial charge in [0.1, 0.15) is 0 Å². The maximum absolute atomic E-state index is 15.2. The molecule has 0 saturated heterocycles. The minimum atomic E-state index is -5.16. The summed E-state index contributed by atoms with van der Waals surface area (Å²) in [5, 5.41) is 13.9. The van der Waals surface area contributed by atoms with Crippen LogP contribution < -0.4 is 0 Å². The van der Waals surface area contributed by atoms with Crippen molar-refractivity contribution in [3.63, 3.8) is 0 Å². The minimum absolute atomic E-state index is 0.0277. The van der Waals surface area contributed by atoms with Gasteiger partial charge in [-0.05, 0) is 106 Å². The highest BCUT2D eigenvalue weighted by molar-refractivity contribution is 6.12. The molecule has 0 bridgehead atoms. The average molecular weight is 702 g/mol. The van der Waals surface area contributed by atoms with E-state index in [9.17, 15) is 18.4 Å². The van der Waals surface area contributed by atoms with E-state index in [1.165, 1.54) is 12.1 Å². The van der Waals surface area contributed by atoms with E-state index in [2.05, 4.69) is 6.07 Å². The molecule has 6 aromatic carbocycles. The number of alkyl halides is 6. The summed E-state index contributed by atoms with van der Waals surface area (Å²) < 4.78 is 91.1. The van der Waals surface area contributed by atoms with Crippen molar-refractivity contribution in [3.05, 3.63) is 142 Å². The molecule has 0 radical (unpaired) electrons. The highest BCUT2D eigenvalue weighted by atomic mass is 19.4. The molecular weight excluding hydrogens is 672 g/mol. The van der Waals surface area contributed by atoms with Crippen LogP contribution in [-0.4, -0.2) is 9.13 Å². The zero-order valence-corrected chi connectivity index (χ0v) is 28.4. The predicted molar refractivity (Wildman–Crippen MR) is 194 cm³/mol. The fourth-order valence-electron chi connectivity index (χ4n) is 7.50. The maximum atomic E-state index is 15.2. The van der Waals surface area contributed by atoms with Crippen molar-refractivity contribution >= 4 is 43.6 Å². The molecule has 8 aromatic rings. The van der Waals surface area contributed by atoms with Gasteiger partial charge in [0, 0.05) is 27.1 Å². The number of aryl methyl sites for hydroxylation is 4. The molecule has 2 aromatic heterocycles. The van der Waals surface area contributed by atoms with Gasteiger partial charge in [0.25, 0.3) is 0 Å². The van der Waals surface area contributed by atoms with E-state index in [1.54, 1.807) is 0 Å². The molecule has 0 N–H and O–H groups in total. The molecular formula is C43H29F6N3. The number of fused-ring (bicyclic) bond motifs is 6. The van der Waals surface area contributed by atoms with E-state index in [0.29, 0.717) is 28.1 Å². The molecule has 9 heteroatoms. The SMILES string of the molecule is Cc1ccc2c(c1)c1cc(C)ccc1n2-c1cc(C#N)cc(-n2c3ccc(C)cc3c3cc(C)ccc32)c1-c1ccc(C(F)(F)F)cc1C(F)(F)F. The first-order valence-electron chi connectivity index (χ1n) is 16.5. The summed E-state index contributed by atoms with van der Waals surface area (Å²) >= 11 is 0. The Kier molecular flexibility index (Phi) is 7.33. The molecule has 0 amide bonds. The summed E-state index contributed by atoms with van der Waals surface area (Å²) in [6.45, 7) is 7.78. The first-order chi connectivity index (χ1) is 24.6. The third kappa shape index (κ3) is 5.20. The monoisotopic (exact) mass is 701 g/mol. The Balaban J connectivity index is 1.64.